The van der Waals surface area contributed by atoms with Gasteiger partial charge in [-0.05, 0) is 42.8 Å². The van der Waals surface area contributed by atoms with E-state index in [0.29, 0.717) is 25.2 Å². The van der Waals surface area contributed by atoms with Crippen molar-refractivity contribution in [2.45, 2.75) is 19.5 Å². The maximum absolute atomic E-state index is 13.5. The SMILES string of the molecule is C[C@H]1CN(c2ccccc2C#N)CCN1C(=O)c1cc(CN2CCN(c3ccccc3Cl)CC2)cn1C. The molecule has 0 saturated carbocycles. The number of halogens is 1. The molecule has 2 fully saturated rings. The number of benzene rings is 2. The number of anilines is 2. The summed E-state index contributed by atoms with van der Waals surface area (Å²) < 4.78 is 1.96. The predicted molar refractivity (Wildman–Crippen MR) is 148 cm³/mol. The molecular formula is C29H33ClN6O. The number of carbonyl (C=O) groups is 1. The lowest BCUT2D eigenvalue weighted by molar-refractivity contribution is 0.0664. The van der Waals surface area contributed by atoms with E-state index in [0.717, 1.165) is 60.4 Å². The Kier molecular flexibility index (Phi) is 7.40. The largest absolute Gasteiger partial charge is 0.368 e. The van der Waals surface area contributed by atoms with Gasteiger partial charge in [0, 0.05) is 71.6 Å². The molecule has 0 unspecified atom stereocenters. The van der Waals surface area contributed by atoms with E-state index in [1.165, 1.54) is 0 Å². The Labute approximate surface area is 224 Å². The van der Waals surface area contributed by atoms with Crippen molar-refractivity contribution in [2.24, 2.45) is 7.05 Å². The summed E-state index contributed by atoms with van der Waals surface area (Å²) in [6.45, 7) is 8.72. The van der Waals surface area contributed by atoms with E-state index in [4.69, 9.17) is 11.6 Å². The number of piperazine rings is 2. The van der Waals surface area contributed by atoms with Crippen molar-refractivity contribution in [3.8, 4) is 6.07 Å². The molecule has 3 aromatic rings. The maximum Gasteiger partial charge on any atom is 0.270 e. The monoisotopic (exact) mass is 516 g/mol. The molecule has 2 saturated heterocycles. The Morgan fingerprint density at radius 2 is 1.65 bits per heavy atom. The summed E-state index contributed by atoms with van der Waals surface area (Å²) in [5.41, 5.74) is 4.60. The Bertz CT molecular complexity index is 1310. The normalized spacial score (nSPS) is 18.6. The average molecular weight is 517 g/mol. The molecule has 37 heavy (non-hydrogen) atoms. The van der Waals surface area contributed by atoms with Crippen LogP contribution in [0.4, 0.5) is 11.4 Å². The van der Waals surface area contributed by atoms with Crippen LogP contribution < -0.4 is 9.80 Å². The van der Waals surface area contributed by atoms with Gasteiger partial charge in [0.15, 0.2) is 0 Å². The number of rotatable bonds is 5. The lowest BCUT2D eigenvalue weighted by atomic mass is 10.1. The van der Waals surface area contributed by atoms with Crippen LogP contribution in [0.3, 0.4) is 0 Å². The number of aromatic nitrogens is 1. The molecule has 2 aromatic carbocycles. The zero-order valence-electron chi connectivity index (χ0n) is 21.5. The topological polar surface area (TPSA) is 58.8 Å². The van der Waals surface area contributed by atoms with Crippen LogP contribution in [-0.2, 0) is 13.6 Å². The van der Waals surface area contributed by atoms with E-state index in [1.807, 2.05) is 65.0 Å². The number of nitriles is 1. The molecule has 0 N–H and O–H groups in total. The number of hydrogen-bond donors (Lipinski definition) is 0. The molecule has 0 aliphatic carbocycles. The minimum atomic E-state index is 0.0456. The van der Waals surface area contributed by atoms with Gasteiger partial charge < -0.3 is 19.3 Å². The number of amides is 1. The molecule has 0 radical (unpaired) electrons. The number of nitrogens with zero attached hydrogens (tertiary/aromatic N) is 6. The highest BCUT2D eigenvalue weighted by Crippen LogP contribution is 2.27. The van der Waals surface area contributed by atoms with Crippen LogP contribution in [0.15, 0.2) is 60.8 Å². The predicted octanol–water partition coefficient (Wildman–Crippen LogP) is 4.22. The van der Waals surface area contributed by atoms with Crippen LogP contribution in [0.2, 0.25) is 5.02 Å². The summed E-state index contributed by atoms with van der Waals surface area (Å²) in [6.07, 6.45) is 2.08. The van der Waals surface area contributed by atoms with Crippen molar-refractivity contribution in [1.82, 2.24) is 14.4 Å². The summed E-state index contributed by atoms with van der Waals surface area (Å²) in [4.78, 5) is 22.5. The first kappa shape index (κ1) is 25.2. The highest BCUT2D eigenvalue weighted by molar-refractivity contribution is 6.33. The lowest BCUT2D eigenvalue weighted by Crippen LogP contribution is -2.54. The second-order valence-corrected chi connectivity index (χ2v) is 10.4. The summed E-state index contributed by atoms with van der Waals surface area (Å²) >= 11 is 6.39. The summed E-state index contributed by atoms with van der Waals surface area (Å²) in [5.74, 6) is 0.0676. The highest BCUT2D eigenvalue weighted by Gasteiger charge is 2.30. The van der Waals surface area contributed by atoms with E-state index in [9.17, 15) is 10.1 Å². The number of carbonyl (C=O) groups excluding carboxylic acids is 1. The molecule has 5 rings (SSSR count). The first-order valence-corrected chi connectivity index (χ1v) is 13.2. The van der Waals surface area contributed by atoms with Gasteiger partial charge in [0.05, 0.1) is 22.0 Å². The van der Waals surface area contributed by atoms with Crippen LogP contribution in [0.25, 0.3) is 0 Å². The van der Waals surface area contributed by atoms with Crippen molar-refractivity contribution in [2.75, 3.05) is 55.6 Å². The maximum atomic E-state index is 13.5. The molecule has 3 heterocycles. The van der Waals surface area contributed by atoms with Crippen molar-refractivity contribution in [3.05, 3.63) is 82.6 Å². The van der Waals surface area contributed by atoms with Crippen LogP contribution in [0, 0.1) is 11.3 Å². The minimum absolute atomic E-state index is 0.0456. The van der Waals surface area contributed by atoms with Crippen molar-refractivity contribution in [1.29, 1.82) is 5.26 Å². The third kappa shape index (κ3) is 5.31. The van der Waals surface area contributed by atoms with E-state index < -0.39 is 0 Å². The van der Waals surface area contributed by atoms with Crippen LogP contribution in [-0.4, -0.2) is 72.1 Å². The van der Waals surface area contributed by atoms with Gasteiger partial charge in [-0.1, -0.05) is 35.9 Å². The quantitative estimate of drug-likeness (QED) is 0.508. The molecule has 8 heteroatoms. The Hall–Kier alpha value is -3.47. The first-order chi connectivity index (χ1) is 17.9. The van der Waals surface area contributed by atoms with E-state index in [2.05, 4.69) is 40.0 Å². The van der Waals surface area contributed by atoms with Gasteiger partial charge in [0.2, 0.25) is 0 Å². The van der Waals surface area contributed by atoms with E-state index >= 15 is 0 Å². The number of aryl methyl sites for hydroxylation is 1. The van der Waals surface area contributed by atoms with E-state index in [-0.39, 0.29) is 11.9 Å². The molecule has 1 amide bonds. The summed E-state index contributed by atoms with van der Waals surface area (Å²) in [6, 6.07) is 20.1. The van der Waals surface area contributed by atoms with Crippen LogP contribution in [0.5, 0.6) is 0 Å². The zero-order chi connectivity index (χ0) is 25.9. The summed E-state index contributed by atoms with van der Waals surface area (Å²) in [5, 5.41) is 10.3. The zero-order valence-corrected chi connectivity index (χ0v) is 22.2. The Balaban J connectivity index is 1.19. The minimum Gasteiger partial charge on any atom is -0.368 e. The van der Waals surface area contributed by atoms with Gasteiger partial charge in [-0.3, -0.25) is 9.69 Å². The van der Waals surface area contributed by atoms with Crippen LogP contribution in [0.1, 0.15) is 28.5 Å². The second kappa shape index (κ2) is 10.9. The lowest BCUT2D eigenvalue weighted by Gasteiger charge is -2.41. The van der Waals surface area contributed by atoms with Gasteiger partial charge in [0.25, 0.3) is 5.91 Å². The molecule has 192 valence electrons. The molecule has 2 aliphatic heterocycles. The van der Waals surface area contributed by atoms with Crippen molar-refractivity contribution < 1.29 is 4.79 Å². The smallest absolute Gasteiger partial charge is 0.270 e. The van der Waals surface area contributed by atoms with Gasteiger partial charge in [-0.2, -0.15) is 5.26 Å². The van der Waals surface area contributed by atoms with Gasteiger partial charge >= 0.3 is 0 Å². The third-order valence-corrected chi connectivity index (χ3v) is 7.83. The number of para-hydroxylation sites is 2. The highest BCUT2D eigenvalue weighted by atomic mass is 35.5. The molecule has 1 atom stereocenters. The molecule has 1 aromatic heterocycles. The average Bonchev–Trinajstić information content (AvgIpc) is 3.28. The first-order valence-electron chi connectivity index (χ1n) is 12.9. The number of hydrogen-bond acceptors (Lipinski definition) is 5. The van der Waals surface area contributed by atoms with Crippen LogP contribution >= 0.6 is 11.6 Å². The molecule has 0 spiro atoms. The van der Waals surface area contributed by atoms with Crippen molar-refractivity contribution >= 4 is 28.9 Å². The van der Waals surface area contributed by atoms with Gasteiger partial charge in [-0.25, -0.2) is 0 Å². The fourth-order valence-electron chi connectivity index (χ4n) is 5.51. The molecule has 2 aliphatic rings. The van der Waals surface area contributed by atoms with E-state index in [1.54, 1.807) is 0 Å². The molecule has 7 nitrogen and oxygen atoms in total. The standard InChI is InChI=1S/C29H33ClN6O/c1-22-19-35(26-9-5-3-7-24(26)18-31)15-16-36(22)29(37)28-17-23(20-32(28)2)21-33-11-13-34(14-12-33)27-10-6-4-8-25(27)30/h3-10,17,20,22H,11-16,19,21H2,1-2H3/t22-/m0/s1. The third-order valence-electron chi connectivity index (χ3n) is 7.51. The fraction of sp³-hybridized carbons (Fsp3) is 0.379. The molecular weight excluding hydrogens is 484 g/mol. The molecule has 0 bridgehead atoms. The fourth-order valence-corrected chi connectivity index (χ4v) is 5.77. The summed E-state index contributed by atoms with van der Waals surface area (Å²) in [7, 11) is 1.95. The second-order valence-electron chi connectivity index (χ2n) is 9.98. The van der Waals surface area contributed by atoms with Crippen molar-refractivity contribution in [3.63, 3.8) is 0 Å². The Morgan fingerprint density at radius 3 is 2.35 bits per heavy atom. The van der Waals surface area contributed by atoms with Gasteiger partial charge in [-0.15, -0.1) is 0 Å². The van der Waals surface area contributed by atoms with Gasteiger partial charge in [0.1, 0.15) is 11.8 Å². The Morgan fingerprint density at radius 1 is 0.973 bits per heavy atom.